The first-order valence-corrected chi connectivity index (χ1v) is 14.5. The fourth-order valence-corrected chi connectivity index (χ4v) is 5.22. The molecule has 0 spiro atoms. The number of hydrogen-bond donors (Lipinski definition) is 2. The Balaban J connectivity index is 1.42. The van der Waals surface area contributed by atoms with Crippen molar-refractivity contribution in [2.24, 2.45) is 0 Å². The Morgan fingerprint density at radius 3 is 2.33 bits per heavy atom. The van der Waals surface area contributed by atoms with Gasteiger partial charge in [0.15, 0.2) is 0 Å². The number of imidazole rings is 1. The van der Waals surface area contributed by atoms with E-state index in [1.54, 1.807) is 48.3 Å². The van der Waals surface area contributed by atoms with Crippen LogP contribution in [0.4, 0.5) is 11.6 Å². The number of amides is 4. The van der Waals surface area contributed by atoms with Gasteiger partial charge in [0, 0.05) is 61.5 Å². The van der Waals surface area contributed by atoms with Gasteiger partial charge in [0.2, 0.25) is 11.9 Å². The van der Waals surface area contributed by atoms with Crippen molar-refractivity contribution in [2.45, 2.75) is 45.7 Å². The topological polar surface area (TPSA) is 117 Å². The van der Waals surface area contributed by atoms with Crippen LogP contribution in [0.2, 0.25) is 0 Å². The second-order valence-corrected chi connectivity index (χ2v) is 11.0. The maximum atomic E-state index is 13.4. The third-order valence-corrected chi connectivity index (χ3v) is 7.46. The maximum absolute atomic E-state index is 13.4. The Hall–Kier alpha value is -4.99. The van der Waals surface area contributed by atoms with E-state index in [1.807, 2.05) is 59.7 Å². The predicted molar refractivity (Wildman–Crippen MR) is 166 cm³/mol. The van der Waals surface area contributed by atoms with E-state index >= 15 is 0 Å². The van der Waals surface area contributed by atoms with Gasteiger partial charge in [-0.25, -0.2) is 4.98 Å². The maximum Gasteiger partial charge on any atom is 0.258 e. The molecular weight excluding hydrogens is 544 g/mol. The minimum Gasteiger partial charge on any atom is -0.350 e. The van der Waals surface area contributed by atoms with Gasteiger partial charge >= 0.3 is 0 Å². The van der Waals surface area contributed by atoms with Gasteiger partial charge in [-0.1, -0.05) is 24.3 Å². The van der Waals surface area contributed by atoms with Crippen molar-refractivity contribution in [3.8, 4) is 0 Å². The molecule has 5 rings (SSSR count). The molecule has 0 unspecified atom stereocenters. The Kier molecular flexibility index (Phi) is 8.85. The summed E-state index contributed by atoms with van der Waals surface area (Å²) >= 11 is 0. The van der Waals surface area contributed by atoms with E-state index in [-0.39, 0.29) is 23.8 Å². The minimum absolute atomic E-state index is 0.0346. The molecule has 10 heteroatoms. The van der Waals surface area contributed by atoms with Crippen molar-refractivity contribution >= 4 is 46.3 Å². The average molecular weight is 581 g/mol. The Morgan fingerprint density at radius 1 is 0.907 bits per heavy atom. The van der Waals surface area contributed by atoms with E-state index in [2.05, 4.69) is 10.6 Å². The van der Waals surface area contributed by atoms with Gasteiger partial charge in [0.25, 0.3) is 17.7 Å². The Bertz CT molecular complexity index is 1660. The molecule has 0 aliphatic carbocycles. The fraction of sp³-hybridized carbons (Fsp3) is 0.303. The second-order valence-electron chi connectivity index (χ2n) is 11.0. The highest BCUT2D eigenvalue weighted by Crippen LogP contribution is 2.27. The number of aromatic nitrogens is 2. The van der Waals surface area contributed by atoms with Crippen molar-refractivity contribution in [3.05, 3.63) is 89.5 Å². The van der Waals surface area contributed by atoms with Crippen LogP contribution >= 0.6 is 0 Å². The third kappa shape index (κ3) is 6.74. The van der Waals surface area contributed by atoms with Crippen molar-refractivity contribution < 1.29 is 19.2 Å². The largest absolute Gasteiger partial charge is 0.350 e. The minimum atomic E-state index is -0.401. The van der Waals surface area contributed by atoms with E-state index in [4.69, 9.17) is 4.98 Å². The summed E-state index contributed by atoms with van der Waals surface area (Å²) in [5, 5.41) is 5.77. The Morgan fingerprint density at radius 2 is 1.63 bits per heavy atom. The summed E-state index contributed by atoms with van der Waals surface area (Å²) in [7, 11) is 1.71. The molecule has 1 aromatic heterocycles. The number of rotatable bonds is 10. The summed E-state index contributed by atoms with van der Waals surface area (Å²) in [6, 6.07) is 21.1. The summed E-state index contributed by atoms with van der Waals surface area (Å²) in [5.74, 6) is -0.290. The van der Waals surface area contributed by atoms with E-state index < -0.39 is 5.91 Å². The molecule has 43 heavy (non-hydrogen) atoms. The number of carbonyl (C=O) groups is 4. The van der Waals surface area contributed by atoms with Crippen LogP contribution in [0.5, 0.6) is 0 Å². The first-order valence-electron chi connectivity index (χ1n) is 14.5. The number of likely N-dealkylation sites (tertiary alicyclic amines) is 1. The van der Waals surface area contributed by atoms with Gasteiger partial charge in [-0.05, 0) is 75.2 Å². The van der Waals surface area contributed by atoms with Crippen LogP contribution in [-0.2, 0) is 11.3 Å². The van der Waals surface area contributed by atoms with E-state index in [0.717, 1.165) is 18.5 Å². The highest BCUT2D eigenvalue weighted by Gasteiger charge is 2.21. The lowest BCUT2D eigenvalue weighted by atomic mass is 10.1. The SMILES string of the molecule is CC(C)NC(=O)c1cccc(C(=O)Nc2nc3cc(N(C)C(=O)c4ccccc4)ccc3n2CCCN2CCCC2=O)c1. The zero-order valence-corrected chi connectivity index (χ0v) is 24.7. The molecule has 10 nitrogen and oxygen atoms in total. The zero-order valence-electron chi connectivity index (χ0n) is 24.7. The zero-order chi connectivity index (χ0) is 30.5. The van der Waals surface area contributed by atoms with Crippen molar-refractivity contribution in [1.29, 1.82) is 0 Å². The molecule has 222 valence electrons. The van der Waals surface area contributed by atoms with Crippen LogP contribution in [0.25, 0.3) is 11.0 Å². The molecule has 0 atom stereocenters. The number of fused-ring (bicyclic) bond motifs is 1. The van der Waals surface area contributed by atoms with Gasteiger partial charge in [-0.2, -0.15) is 0 Å². The summed E-state index contributed by atoms with van der Waals surface area (Å²) in [4.78, 5) is 59.3. The summed E-state index contributed by atoms with van der Waals surface area (Å²) < 4.78 is 1.92. The monoisotopic (exact) mass is 580 g/mol. The third-order valence-electron chi connectivity index (χ3n) is 7.46. The first-order chi connectivity index (χ1) is 20.7. The molecule has 4 amide bonds. The first kappa shape index (κ1) is 29.5. The van der Waals surface area contributed by atoms with Crippen molar-refractivity contribution in [3.63, 3.8) is 0 Å². The van der Waals surface area contributed by atoms with E-state index in [0.29, 0.717) is 59.8 Å². The molecule has 4 aromatic rings. The normalized spacial score (nSPS) is 13.0. The number of hydrogen-bond acceptors (Lipinski definition) is 5. The van der Waals surface area contributed by atoms with Crippen LogP contribution < -0.4 is 15.5 Å². The van der Waals surface area contributed by atoms with Crippen molar-refractivity contribution in [2.75, 3.05) is 30.4 Å². The van der Waals surface area contributed by atoms with Crippen LogP contribution in [-0.4, -0.2) is 64.3 Å². The van der Waals surface area contributed by atoms with Crippen LogP contribution in [0.1, 0.15) is 64.2 Å². The van der Waals surface area contributed by atoms with Gasteiger partial charge < -0.3 is 19.7 Å². The summed E-state index contributed by atoms with van der Waals surface area (Å²) in [6.45, 7) is 5.65. The number of aryl methyl sites for hydroxylation is 1. The van der Waals surface area contributed by atoms with Gasteiger partial charge in [0.1, 0.15) is 0 Å². The van der Waals surface area contributed by atoms with Gasteiger partial charge in [0.05, 0.1) is 11.0 Å². The van der Waals surface area contributed by atoms with Gasteiger partial charge in [-0.15, -0.1) is 0 Å². The summed E-state index contributed by atoms with van der Waals surface area (Å²) in [5.41, 5.74) is 3.35. The van der Waals surface area contributed by atoms with Crippen LogP contribution in [0.3, 0.4) is 0 Å². The molecule has 2 N–H and O–H groups in total. The lowest BCUT2D eigenvalue weighted by Gasteiger charge is -2.18. The predicted octanol–water partition coefficient (Wildman–Crippen LogP) is 4.72. The molecule has 3 aromatic carbocycles. The van der Waals surface area contributed by atoms with E-state index in [9.17, 15) is 19.2 Å². The number of anilines is 2. The van der Waals surface area contributed by atoms with E-state index in [1.165, 1.54) is 0 Å². The van der Waals surface area contributed by atoms with Crippen LogP contribution in [0.15, 0.2) is 72.8 Å². The number of carbonyl (C=O) groups excluding carboxylic acids is 4. The highest BCUT2D eigenvalue weighted by atomic mass is 16.2. The average Bonchev–Trinajstić information content (AvgIpc) is 3.58. The quantitative estimate of drug-likeness (QED) is 0.282. The van der Waals surface area contributed by atoms with Crippen molar-refractivity contribution in [1.82, 2.24) is 19.8 Å². The molecule has 1 aliphatic rings. The molecule has 1 saturated heterocycles. The number of benzene rings is 3. The molecule has 0 bridgehead atoms. The molecule has 1 fully saturated rings. The number of nitrogens with one attached hydrogen (secondary N) is 2. The molecule has 2 heterocycles. The Labute approximate surface area is 250 Å². The standard InChI is InChI=1S/C33H36N6O4/c1-22(2)34-30(41)24-12-7-13-25(20-24)31(42)36-33-35-27-21-26(37(3)32(43)23-10-5-4-6-11-23)15-16-28(27)39(33)19-9-18-38-17-8-14-29(38)40/h4-7,10-13,15-16,20-22H,8-9,14,17-19H2,1-3H3,(H,34,41)(H,35,36,42). The molecule has 1 aliphatic heterocycles. The smallest absolute Gasteiger partial charge is 0.258 e. The lowest BCUT2D eigenvalue weighted by Crippen LogP contribution is -2.30. The number of nitrogens with zero attached hydrogens (tertiary/aromatic N) is 4. The lowest BCUT2D eigenvalue weighted by molar-refractivity contribution is -0.127. The fourth-order valence-electron chi connectivity index (χ4n) is 5.22. The van der Waals surface area contributed by atoms with Gasteiger partial charge in [-0.3, -0.25) is 24.5 Å². The van der Waals surface area contributed by atoms with Crippen LogP contribution in [0, 0.1) is 0 Å². The molecular formula is C33H36N6O4. The highest BCUT2D eigenvalue weighted by molar-refractivity contribution is 6.07. The second kappa shape index (κ2) is 12.9. The molecule has 0 radical (unpaired) electrons. The summed E-state index contributed by atoms with van der Waals surface area (Å²) in [6.07, 6.45) is 2.14. The molecule has 0 saturated carbocycles.